The number of benzene rings is 3. The van der Waals surface area contributed by atoms with Crippen LogP contribution in [-0.2, 0) is 5.41 Å². The SMILES string of the molecule is CC(C)(C)c1ccc(-c2ccccc2Nc2ccccc2)cc1. The minimum atomic E-state index is 0.181. The van der Waals surface area contributed by atoms with E-state index in [4.69, 9.17) is 0 Å². The highest BCUT2D eigenvalue weighted by atomic mass is 14.9. The second kappa shape index (κ2) is 6.29. The van der Waals surface area contributed by atoms with Gasteiger partial charge in [-0.25, -0.2) is 0 Å². The van der Waals surface area contributed by atoms with E-state index in [0.717, 1.165) is 11.4 Å². The van der Waals surface area contributed by atoms with Crippen LogP contribution in [0.1, 0.15) is 26.3 Å². The monoisotopic (exact) mass is 301 g/mol. The smallest absolute Gasteiger partial charge is 0.0463 e. The zero-order valence-corrected chi connectivity index (χ0v) is 14.0. The van der Waals surface area contributed by atoms with Gasteiger partial charge in [0.05, 0.1) is 0 Å². The summed E-state index contributed by atoms with van der Waals surface area (Å²) in [5.74, 6) is 0. The molecule has 1 nitrogen and oxygen atoms in total. The Bertz CT molecular complexity index is 765. The van der Waals surface area contributed by atoms with Crippen LogP contribution in [0.3, 0.4) is 0 Å². The highest BCUT2D eigenvalue weighted by molar-refractivity contribution is 5.81. The normalized spacial score (nSPS) is 11.3. The zero-order chi connectivity index (χ0) is 16.3. The summed E-state index contributed by atoms with van der Waals surface area (Å²) in [5, 5.41) is 3.52. The average Bonchev–Trinajstić information content (AvgIpc) is 2.56. The number of anilines is 2. The van der Waals surface area contributed by atoms with Crippen molar-refractivity contribution in [2.24, 2.45) is 0 Å². The quantitative estimate of drug-likeness (QED) is 0.590. The van der Waals surface area contributed by atoms with Gasteiger partial charge >= 0.3 is 0 Å². The molecule has 0 bridgehead atoms. The Morgan fingerprint density at radius 3 is 1.91 bits per heavy atom. The molecule has 23 heavy (non-hydrogen) atoms. The zero-order valence-electron chi connectivity index (χ0n) is 14.0. The fourth-order valence-corrected chi connectivity index (χ4v) is 2.67. The minimum absolute atomic E-state index is 0.181. The molecule has 0 fully saturated rings. The maximum atomic E-state index is 3.52. The first kappa shape index (κ1) is 15.4. The first-order valence-corrected chi connectivity index (χ1v) is 8.06. The molecule has 0 heterocycles. The van der Waals surface area contributed by atoms with Crippen LogP contribution in [0.2, 0.25) is 0 Å². The molecule has 0 amide bonds. The van der Waals surface area contributed by atoms with Crippen LogP contribution in [0.5, 0.6) is 0 Å². The number of para-hydroxylation sites is 2. The van der Waals surface area contributed by atoms with Crippen LogP contribution in [-0.4, -0.2) is 0 Å². The van der Waals surface area contributed by atoms with Gasteiger partial charge in [-0.05, 0) is 34.7 Å². The van der Waals surface area contributed by atoms with Gasteiger partial charge in [0.25, 0.3) is 0 Å². The third-order valence-corrected chi connectivity index (χ3v) is 4.04. The second-order valence-corrected chi connectivity index (χ2v) is 6.86. The maximum absolute atomic E-state index is 3.52. The summed E-state index contributed by atoms with van der Waals surface area (Å²) in [7, 11) is 0. The Hall–Kier alpha value is -2.54. The summed E-state index contributed by atoms with van der Waals surface area (Å²) >= 11 is 0. The summed E-state index contributed by atoms with van der Waals surface area (Å²) in [6.07, 6.45) is 0. The fourth-order valence-electron chi connectivity index (χ4n) is 2.67. The van der Waals surface area contributed by atoms with Gasteiger partial charge in [-0.2, -0.15) is 0 Å². The van der Waals surface area contributed by atoms with Gasteiger partial charge in [-0.15, -0.1) is 0 Å². The van der Waals surface area contributed by atoms with E-state index in [0.29, 0.717) is 0 Å². The maximum Gasteiger partial charge on any atom is 0.0463 e. The van der Waals surface area contributed by atoms with Gasteiger partial charge in [0.1, 0.15) is 0 Å². The van der Waals surface area contributed by atoms with Crippen LogP contribution in [0.15, 0.2) is 78.9 Å². The predicted molar refractivity (Wildman–Crippen MR) is 100 cm³/mol. The van der Waals surface area contributed by atoms with E-state index in [9.17, 15) is 0 Å². The van der Waals surface area contributed by atoms with Gasteiger partial charge in [-0.3, -0.25) is 0 Å². The molecular formula is C22H23N. The first-order valence-electron chi connectivity index (χ1n) is 8.06. The van der Waals surface area contributed by atoms with Crippen LogP contribution in [0.25, 0.3) is 11.1 Å². The van der Waals surface area contributed by atoms with Crippen LogP contribution >= 0.6 is 0 Å². The van der Waals surface area contributed by atoms with E-state index in [2.05, 4.69) is 86.8 Å². The van der Waals surface area contributed by atoms with Crippen molar-refractivity contribution in [3.63, 3.8) is 0 Å². The van der Waals surface area contributed by atoms with Gasteiger partial charge in [-0.1, -0.05) is 81.4 Å². The third-order valence-electron chi connectivity index (χ3n) is 4.04. The Balaban J connectivity index is 1.94. The lowest BCUT2D eigenvalue weighted by molar-refractivity contribution is 0.590. The molecule has 0 aliphatic carbocycles. The second-order valence-electron chi connectivity index (χ2n) is 6.86. The molecule has 0 aliphatic rings. The topological polar surface area (TPSA) is 12.0 Å². The lowest BCUT2D eigenvalue weighted by Crippen LogP contribution is -2.10. The predicted octanol–water partition coefficient (Wildman–Crippen LogP) is 6.39. The van der Waals surface area contributed by atoms with Crippen molar-refractivity contribution in [1.82, 2.24) is 0 Å². The lowest BCUT2D eigenvalue weighted by atomic mass is 9.86. The van der Waals surface area contributed by atoms with Crippen LogP contribution < -0.4 is 5.32 Å². The highest BCUT2D eigenvalue weighted by Crippen LogP contribution is 2.32. The summed E-state index contributed by atoms with van der Waals surface area (Å²) in [4.78, 5) is 0. The number of nitrogens with one attached hydrogen (secondary N) is 1. The standard InChI is InChI=1S/C22H23N/c1-22(2,3)18-15-13-17(14-16-18)20-11-7-8-12-21(20)23-19-9-5-4-6-10-19/h4-16,23H,1-3H3. The molecule has 3 aromatic carbocycles. The summed E-state index contributed by atoms with van der Waals surface area (Å²) in [6, 6.07) is 27.6. The average molecular weight is 301 g/mol. The van der Waals surface area contributed by atoms with Crippen LogP contribution in [0.4, 0.5) is 11.4 Å². The summed E-state index contributed by atoms with van der Waals surface area (Å²) < 4.78 is 0. The molecule has 0 unspecified atom stereocenters. The van der Waals surface area contributed by atoms with Gasteiger partial charge in [0.2, 0.25) is 0 Å². The lowest BCUT2D eigenvalue weighted by Gasteiger charge is -2.19. The summed E-state index contributed by atoms with van der Waals surface area (Å²) in [5.41, 5.74) is 6.22. The van der Waals surface area contributed by atoms with Crippen molar-refractivity contribution in [2.75, 3.05) is 5.32 Å². The molecule has 0 aliphatic heterocycles. The fraction of sp³-hybridized carbons (Fsp3) is 0.182. The third kappa shape index (κ3) is 3.62. The number of hydrogen-bond acceptors (Lipinski definition) is 1. The molecular weight excluding hydrogens is 278 g/mol. The van der Waals surface area contributed by atoms with Crippen molar-refractivity contribution in [2.45, 2.75) is 26.2 Å². The molecule has 0 aromatic heterocycles. The van der Waals surface area contributed by atoms with Crippen molar-refractivity contribution >= 4 is 11.4 Å². The van der Waals surface area contributed by atoms with E-state index >= 15 is 0 Å². The molecule has 3 aromatic rings. The van der Waals surface area contributed by atoms with E-state index in [1.54, 1.807) is 0 Å². The molecule has 0 spiro atoms. The Labute approximate surface area is 139 Å². The number of rotatable bonds is 3. The Kier molecular flexibility index (Phi) is 4.20. The molecule has 0 atom stereocenters. The van der Waals surface area contributed by atoms with E-state index < -0.39 is 0 Å². The number of hydrogen-bond donors (Lipinski definition) is 1. The van der Waals surface area contributed by atoms with E-state index in [1.807, 2.05) is 18.2 Å². The van der Waals surface area contributed by atoms with Crippen molar-refractivity contribution in [3.8, 4) is 11.1 Å². The molecule has 0 saturated heterocycles. The van der Waals surface area contributed by atoms with Gasteiger partial charge in [0.15, 0.2) is 0 Å². The highest BCUT2D eigenvalue weighted by Gasteiger charge is 2.13. The molecule has 0 radical (unpaired) electrons. The first-order chi connectivity index (χ1) is 11.0. The van der Waals surface area contributed by atoms with Crippen molar-refractivity contribution < 1.29 is 0 Å². The Morgan fingerprint density at radius 1 is 0.652 bits per heavy atom. The van der Waals surface area contributed by atoms with Gasteiger partial charge in [0, 0.05) is 16.9 Å². The van der Waals surface area contributed by atoms with Crippen molar-refractivity contribution in [3.05, 3.63) is 84.4 Å². The van der Waals surface area contributed by atoms with Crippen LogP contribution in [0, 0.1) is 0 Å². The molecule has 0 saturated carbocycles. The minimum Gasteiger partial charge on any atom is -0.355 e. The van der Waals surface area contributed by atoms with Gasteiger partial charge < -0.3 is 5.32 Å². The van der Waals surface area contributed by atoms with Crippen molar-refractivity contribution in [1.29, 1.82) is 0 Å². The van der Waals surface area contributed by atoms with E-state index in [-0.39, 0.29) is 5.41 Å². The summed E-state index contributed by atoms with van der Waals surface area (Å²) in [6.45, 7) is 6.73. The molecule has 116 valence electrons. The van der Waals surface area contributed by atoms with E-state index in [1.165, 1.54) is 16.7 Å². The Morgan fingerprint density at radius 2 is 1.26 bits per heavy atom. The molecule has 1 N–H and O–H groups in total. The largest absolute Gasteiger partial charge is 0.355 e. The molecule has 3 rings (SSSR count). The molecule has 1 heteroatoms.